The first-order valence-corrected chi connectivity index (χ1v) is 7.07. The third-order valence-electron chi connectivity index (χ3n) is 3.83. The number of nitrogens with zero attached hydrogens (tertiary/aromatic N) is 1. The number of rotatable bonds is 3. The van der Waals surface area contributed by atoms with Gasteiger partial charge in [0.1, 0.15) is 0 Å². The minimum absolute atomic E-state index is 0.509. The molecule has 1 fully saturated rings. The Morgan fingerprint density at radius 2 is 1.70 bits per heavy atom. The molecule has 0 atom stereocenters. The zero-order valence-electron chi connectivity index (χ0n) is 11.0. The quantitative estimate of drug-likeness (QED) is 0.867. The van der Waals surface area contributed by atoms with E-state index in [0.717, 1.165) is 18.7 Å². The lowest BCUT2D eigenvalue weighted by atomic mass is 9.84. The Labute approximate surface area is 121 Å². The van der Waals surface area contributed by atoms with Gasteiger partial charge in [-0.3, -0.25) is 0 Å². The van der Waals surface area contributed by atoms with Crippen molar-refractivity contribution >= 4 is 11.6 Å². The van der Waals surface area contributed by atoms with Gasteiger partial charge in [0.05, 0.1) is 11.2 Å². The normalized spacial score (nSPS) is 20.1. The van der Waals surface area contributed by atoms with Crippen molar-refractivity contribution < 1.29 is 18.3 Å². The van der Waals surface area contributed by atoms with E-state index in [4.69, 9.17) is 11.6 Å². The number of benzene rings is 1. The van der Waals surface area contributed by atoms with Crippen molar-refractivity contribution in [2.45, 2.75) is 24.6 Å². The Morgan fingerprint density at radius 3 is 2.15 bits per heavy atom. The largest absolute Gasteiger partial charge is 0.416 e. The second kappa shape index (κ2) is 5.92. The van der Waals surface area contributed by atoms with Gasteiger partial charge < -0.3 is 10.0 Å². The highest BCUT2D eigenvalue weighted by Gasteiger charge is 2.35. The molecule has 1 aromatic rings. The molecular weight excluding hydrogens is 291 g/mol. The highest BCUT2D eigenvalue weighted by atomic mass is 35.5. The molecule has 2 nitrogen and oxygen atoms in total. The molecule has 20 heavy (non-hydrogen) atoms. The molecule has 0 aliphatic carbocycles. The van der Waals surface area contributed by atoms with Crippen LogP contribution in [0.2, 0.25) is 0 Å². The molecule has 0 unspecified atom stereocenters. The molecular formula is C14H17ClF3NO. The van der Waals surface area contributed by atoms with Crippen LogP contribution in [0.15, 0.2) is 24.3 Å². The van der Waals surface area contributed by atoms with Crippen LogP contribution in [-0.2, 0) is 11.8 Å². The predicted molar refractivity (Wildman–Crippen MR) is 71.7 cm³/mol. The van der Waals surface area contributed by atoms with Crippen LogP contribution in [0.4, 0.5) is 13.2 Å². The predicted octanol–water partition coefficient (Wildman–Crippen LogP) is 3.23. The minimum Gasteiger partial charge on any atom is -0.385 e. The molecule has 1 saturated heterocycles. The maximum absolute atomic E-state index is 12.5. The summed E-state index contributed by atoms with van der Waals surface area (Å²) in [6.45, 7) is 2.17. The second-order valence-corrected chi connectivity index (χ2v) is 5.52. The molecule has 0 aromatic heterocycles. The Bertz CT molecular complexity index is 439. The lowest BCUT2D eigenvalue weighted by Crippen LogP contribution is -2.43. The fraction of sp³-hybridized carbons (Fsp3) is 0.571. The van der Waals surface area contributed by atoms with E-state index in [1.54, 1.807) is 0 Å². The number of alkyl halides is 4. The third kappa shape index (κ3) is 3.45. The maximum atomic E-state index is 12.5. The lowest BCUT2D eigenvalue weighted by Gasteiger charge is -2.38. The average molecular weight is 308 g/mol. The molecule has 0 amide bonds. The molecule has 6 heteroatoms. The van der Waals surface area contributed by atoms with Crippen LogP contribution in [0.5, 0.6) is 0 Å². The smallest absolute Gasteiger partial charge is 0.385 e. The lowest BCUT2D eigenvalue weighted by molar-refractivity contribution is -0.137. The summed E-state index contributed by atoms with van der Waals surface area (Å²) in [4.78, 5) is 2.14. The van der Waals surface area contributed by atoms with Crippen LogP contribution in [-0.4, -0.2) is 35.5 Å². The summed E-state index contributed by atoms with van der Waals surface area (Å²) in [5.41, 5.74) is -1.17. The first-order valence-electron chi connectivity index (χ1n) is 6.53. The van der Waals surface area contributed by atoms with Crippen molar-refractivity contribution in [1.82, 2.24) is 4.90 Å². The monoisotopic (exact) mass is 307 g/mol. The molecule has 1 N–H and O–H groups in total. The minimum atomic E-state index is -4.34. The highest BCUT2D eigenvalue weighted by Crippen LogP contribution is 2.35. The Morgan fingerprint density at radius 1 is 1.15 bits per heavy atom. The SMILES string of the molecule is OC1(c2ccc(C(F)(F)F)cc2)CCN(CCCl)CC1. The van der Waals surface area contributed by atoms with Crippen LogP contribution < -0.4 is 0 Å². The topological polar surface area (TPSA) is 23.5 Å². The van der Waals surface area contributed by atoms with Gasteiger partial charge in [-0.15, -0.1) is 11.6 Å². The summed E-state index contributed by atoms with van der Waals surface area (Å²) in [5.74, 6) is 0.540. The molecule has 0 saturated carbocycles. The standard InChI is InChI=1S/C14H17ClF3NO/c15-7-10-19-8-5-13(20,6-9-19)11-1-3-12(4-2-11)14(16,17)18/h1-4,20H,5-10H2. The van der Waals surface area contributed by atoms with Crippen LogP contribution in [0.1, 0.15) is 24.0 Å². The number of piperidine rings is 1. The Balaban J connectivity index is 2.08. The van der Waals surface area contributed by atoms with E-state index in [9.17, 15) is 18.3 Å². The van der Waals surface area contributed by atoms with Crippen molar-refractivity contribution in [1.29, 1.82) is 0 Å². The summed E-state index contributed by atoms with van der Waals surface area (Å²) in [6, 6.07) is 4.80. The van der Waals surface area contributed by atoms with E-state index >= 15 is 0 Å². The highest BCUT2D eigenvalue weighted by molar-refractivity contribution is 6.18. The van der Waals surface area contributed by atoms with Crippen LogP contribution in [0, 0.1) is 0 Å². The van der Waals surface area contributed by atoms with Gasteiger partial charge in [0, 0.05) is 25.5 Å². The molecule has 1 heterocycles. The number of likely N-dealkylation sites (tertiary alicyclic amines) is 1. The fourth-order valence-corrected chi connectivity index (χ4v) is 2.76. The van der Waals surface area contributed by atoms with Gasteiger partial charge in [-0.25, -0.2) is 0 Å². The number of halogens is 4. The van der Waals surface area contributed by atoms with E-state index in [-0.39, 0.29) is 0 Å². The summed E-state index contributed by atoms with van der Waals surface area (Å²) in [7, 11) is 0. The third-order valence-corrected chi connectivity index (χ3v) is 4.00. The summed E-state index contributed by atoms with van der Waals surface area (Å²) in [5, 5.41) is 10.6. The van der Waals surface area contributed by atoms with Crippen LogP contribution in [0.3, 0.4) is 0 Å². The van der Waals surface area contributed by atoms with E-state index in [0.29, 0.717) is 37.4 Å². The molecule has 112 valence electrons. The molecule has 0 bridgehead atoms. The molecule has 1 aromatic carbocycles. The average Bonchev–Trinajstić information content (AvgIpc) is 2.41. The van der Waals surface area contributed by atoms with Crippen molar-refractivity contribution in [3.8, 4) is 0 Å². The van der Waals surface area contributed by atoms with Gasteiger partial charge in [-0.1, -0.05) is 12.1 Å². The number of aliphatic hydroxyl groups is 1. The van der Waals surface area contributed by atoms with Gasteiger partial charge in [0.15, 0.2) is 0 Å². The zero-order valence-corrected chi connectivity index (χ0v) is 11.7. The Kier molecular flexibility index (Phi) is 4.62. The van der Waals surface area contributed by atoms with Crippen molar-refractivity contribution in [3.05, 3.63) is 35.4 Å². The molecule has 0 radical (unpaired) electrons. The molecule has 2 rings (SSSR count). The van der Waals surface area contributed by atoms with Crippen molar-refractivity contribution in [2.75, 3.05) is 25.5 Å². The number of hydrogen-bond acceptors (Lipinski definition) is 2. The van der Waals surface area contributed by atoms with Gasteiger partial charge in [0.25, 0.3) is 0 Å². The second-order valence-electron chi connectivity index (χ2n) is 5.14. The van der Waals surface area contributed by atoms with Gasteiger partial charge in [-0.2, -0.15) is 13.2 Å². The van der Waals surface area contributed by atoms with Gasteiger partial charge >= 0.3 is 6.18 Å². The first-order chi connectivity index (χ1) is 9.35. The first kappa shape index (κ1) is 15.6. The molecule has 1 aliphatic heterocycles. The summed E-state index contributed by atoms with van der Waals surface area (Å²) < 4.78 is 37.5. The van der Waals surface area contributed by atoms with E-state index in [1.807, 2.05) is 0 Å². The van der Waals surface area contributed by atoms with Gasteiger partial charge in [-0.05, 0) is 30.5 Å². The van der Waals surface area contributed by atoms with Crippen molar-refractivity contribution in [2.24, 2.45) is 0 Å². The summed E-state index contributed by atoms with van der Waals surface area (Å²) in [6.07, 6.45) is -3.32. The van der Waals surface area contributed by atoms with E-state index in [1.165, 1.54) is 12.1 Å². The van der Waals surface area contributed by atoms with E-state index < -0.39 is 17.3 Å². The summed E-state index contributed by atoms with van der Waals surface area (Å²) >= 11 is 5.67. The molecule has 0 spiro atoms. The Hall–Kier alpha value is -0.780. The van der Waals surface area contributed by atoms with Crippen LogP contribution in [0.25, 0.3) is 0 Å². The van der Waals surface area contributed by atoms with Crippen molar-refractivity contribution in [3.63, 3.8) is 0 Å². The van der Waals surface area contributed by atoms with Gasteiger partial charge in [0.2, 0.25) is 0 Å². The molecule has 1 aliphatic rings. The zero-order chi connectivity index (χ0) is 14.8. The number of hydrogen-bond donors (Lipinski definition) is 1. The maximum Gasteiger partial charge on any atom is 0.416 e. The van der Waals surface area contributed by atoms with Crippen LogP contribution >= 0.6 is 11.6 Å². The fourth-order valence-electron chi connectivity index (χ4n) is 2.52. The van der Waals surface area contributed by atoms with E-state index in [2.05, 4.69) is 4.90 Å².